The van der Waals surface area contributed by atoms with Crippen LogP contribution in [-0.4, -0.2) is 5.97 Å². The summed E-state index contributed by atoms with van der Waals surface area (Å²) in [6, 6.07) is 16.3. The van der Waals surface area contributed by atoms with E-state index in [9.17, 15) is 4.79 Å². The van der Waals surface area contributed by atoms with Crippen LogP contribution in [0, 0.1) is 5.92 Å². The molecule has 0 saturated heterocycles. The van der Waals surface area contributed by atoms with Gasteiger partial charge in [-0.25, -0.2) is 0 Å². The molecule has 25 heavy (non-hydrogen) atoms. The smallest absolute Gasteiger partial charge is 0.314 e. The number of hydrogen-bond acceptors (Lipinski definition) is 3. The molecule has 3 rings (SSSR count). The van der Waals surface area contributed by atoms with Gasteiger partial charge in [-0.1, -0.05) is 37.6 Å². The van der Waals surface area contributed by atoms with Crippen LogP contribution < -0.4 is 4.74 Å². The summed E-state index contributed by atoms with van der Waals surface area (Å²) in [7, 11) is 0. The molecule has 0 aliphatic heterocycles. The lowest BCUT2D eigenvalue weighted by molar-refractivity contribution is -0.140. The zero-order chi connectivity index (χ0) is 17.6. The number of ether oxygens (including phenoxy) is 1. The predicted octanol–water partition coefficient (Wildman–Crippen LogP) is 5.81. The van der Waals surface area contributed by atoms with Crippen LogP contribution in [0.15, 0.2) is 53.4 Å². The van der Waals surface area contributed by atoms with Gasteiger partial charge < -0.3 is 4.74 Å². The summed E-state index contributed by atoms with van der Waals surface area (Å²) in [5, 5.41) is 0. The molecule has 0 atom stereocenters. The van der Waals surface area contributed by atoms with Gasteiger partial charge in [-0.15, -0.1) is 12.6 Å². The van der Waals surface area contributed by atoms with E-state index in [1.165, 1.54) is 17.5 Å². The maximum absolute atomic E-state index is 12.4. The van der Waals surface area contributed by atoms with Gasteiger partial charge in [-0.2, -0.15) is 0 Å². The minimum Gasteiger partial charge on any atom is -0.426 e. The van der Waals surface area contributed by atoms with Crippen molar-refractivity contribution in [3.05, 3.63) is 59.7 Å². The predicted molar refractivity (Wildman–Crippen MR) is 104 cm³/mol. The van der Waals surface area contributed by atoms with E-state index in [4.69, 9.17) is 4.74 Å². The Morgan fingerprint density at radius 1 is 1.00 bits per heavy atom. The van der Waals surface area contributed by atoms with Crippen LogP contribution in [0.25, 0.3) is 0 Å². The van der Waals surface area contributed by atoms with E-state index in [1.807, 2.05) is 12.1 Å². The topological polar surface area (TPSA) is 26.3 Å². The lowest BCUT2D eigenvalue weighted by Crippen LogP contribution is -2.25. The molecular weight excluding hydrogens is 328 g/mol. The Morgan fingerprint density at radius 3 is 2.24 bits per heavy atom. The molecule has 1 aliphatic rings. The Morgan fingerprint density at radius 2 is 1.64 bits per heavy atom. The van der Waals surface area contributed by atoms with Crippen molar-refractivity contribution in [2.45, 2.75) is 56.3 Å². The second-order valence-electron chi connectivity index (χ2n) is 6.96. The zero-order valence-corrected chi connectivity index (χ0v) is 15.7. The molecule has 3 heteroatoms. The average molecular weight is 355 g/mol. The Kier molecular flexibility index (Phi) is 6.19. The molecule has 0 unspecified atom stereocenters. The third-order valence-electron chi connectivity index (χ3n) is 5.11. The largest absolute Gasteiger partial charge is 0.426 e. The normalized spacial score (nSPS) is 20.2. The number of rotatable bonds is 5. The summed E-state index contributed by atoms with van der Waals surface area (Å²) >= 11 is 4.25. The van der Waals surface area contributed by atoms with E-state index < -0.39 is 0 Å². The molecule has 2 aromatic carbocycles. The molecule has 1 fully saturated rings. The van der Waals surface area contributed by atoms with Gasteiger partial charge in [0.1, 0.15) is 5.75 Å². The lowest BCUT2D eigenvalue weighted by Gasteiger charge is -2.27. The molecular formula is C22H26O2S. The second-order valence-corrected chi connectivity index (χ2v) is 7.47. The minimum absolute atomic E-state index is 0.0197. The highest BCUT2D eigenvalue weighted by Gasteiger charge is 2.28. The molecule has 1 aliphatic carbocycles. The zero-order valence-electron chi connectivity index (χ0n) is 14.8. The number of aryl methyl sites for hydroxylation is 1. The van der Waals surface area contributed by atoms with Crippen LogP contribution in [0.1, 0.15) is 56.1 Å². The number of benzene rings is 2. The van der Waals surface area contributed by atoms with Crippen molar-refractivity contribution in [1.82, 2.24) is 0 Å². The van der Waals surface area contributed by atoms with Crippen LogP contribution in [0.3, 0.4) is 0 Å². The van der Waals surface area contributed by atoms with Crippen molar-refractivity contribution in [2.24, 2.45) is 5.92 Å². The van der Waals surface area contributed by atoms with Gasteiger partial charge in [-0.3, -0.25) is 4.79 Å². The van der Waals surface area contributed by atoms with Crippen molar-refractivity contribution in [3.8, 4) is 5.75 Å². The summed E-state index contributed by atoms with van der Waals surface area (Å²) in [5.74, 6) is 1.11. The Labute approximate surface area is 156 Å². The van der Waals surface area contributed by atoms with Gasteiger partial charge in [0.25, 0.3) is 0 Å². The SMILES string of the molecule is CCCc1ccc(C2CCC(C(=O)Oc3ccc(S)cc3)CC2)cc1. The Bertz CT molecular complexity index is 683. The first kappa shape index (κ1) is 18.1. The first-order valence-electron chi connectivity index (χ1n) is 9.25. The molecule has 0 bridgehead atoms. The summed E-state index contributed by atoms with van der Waals surface area (Å²) in [6.45, 7) is 2.21. The third-order valence-corrected chi connectivity index (χ3v) is 5.40. The van der Waals surface area contributed by atoms with Crippen LogP contribution in [-0.2, 0) is 11.2 Å². The van der Waals surface area contributed by atoms with E-state index in [1.54, 1.807) is 12.1 Å². The van der Waals surface area contributed by atoms with Crippen molar-refractivity contribution < 1.29 is 9.53 Å². The van der Waals surface area contributed by atoms with E-state index in [-0.39, 0.29) is 11.9 Å². The number of thiol groups is 1. The maximum Gasteiger partial charge on any atom is 0.314 e. The Hall–Kier alpha value is -1.74. The summed E-state index contributed by atoms with van der Waals surface area (Å²) < 4.78 is 5.52. The summed E-state index contributed by atoms with van der Waals surface area (Å²) in [5.41, 5.74) is 2.83. The van der Waals surface area contributed by atoms with Crippen LogP contribution in [0.2, 0.25) is 0 Å². The fourth-order valence-corrected chi connectivity index (χ4v) is 3.77. The molecule has 0 N–H and O–H groups in total. The van der Waals surface area contributed by atoms with Crippen LogP contribution >= 0.6 is 12.6 Å². The highest BCUT2D eigenvalue weighted by atomic mass is 32.1. The van der Waals surface area contributed by atoms with Gasteiger partial charge in [0.2, 0.25) is 0 Å². The molecule has 2 nitrogen and oxygen atoms in total. The fraction of sp³-hybridized carbons (Fsp3) is 0.409. The van der Waals surface area contributed by atoms with Crippen molar-refractivity contribution in [3.63, 3.8) is 0 Å². The fourth-order valence-electron chi connectivity index (χ4n) is 3.62. The molecule has 2 aromatic rings. The molecule has 0 spiro atoms. The second kappa shape index (κ2) is 8.57. The first-order valence-corrected chi connectivity index (χ1v) is 9.70. The monoisotopic (exact) mass is 354 g/mol. The highest BCUT2D eigenvalue weighted by Crippen LogP contribution is 2.36. The molecule has 0 amide bonds. The maximum atomic E-state index is 12.4. The van der Waals surface area contributed by atoms with E-state index in [0.717, 1.165) is 37.0 Å². The lowest BCUT2D eigenvalue weighted by atomic mass is 9.78. The Balaban J connectivity index is 1.52. The van der Waals surface area contributed by atoms with Gasteiger partial charge in [0.15, 0.2) is 0 Å². The van der Waals surface area contributed by atoms with Crippen molar-refractivity contribution in [2.75, 3.05) is 0 Å². The van der Waals surface area contributed by atoms with E-state index in [2.05, 4.69) is 43.8 Å². The van der Waals surface area contributed by atoms with Crippen molar-refractivity contribution in [1.29, 1.82) is 0 Å². The van der Waals surface area contributed by atoms with Gasteiger partial charge in [0.05, 0.1) is 5.92 Å². The van der Waals surface area contributed by atoms with Crippen LogP contribution in [0.5, 0.6) is 5.75 Å². The quantitative estimate of drug-likeness (QED) is 0.417. The number of carbonyl (C=O) groups excluding carboxylic acids is 1. The molecule has 0 heterocycles. The summed E-state index contributed by atoms with van der Waals surface area (Å²) in [4.78, 5) is 13.2. The molecule has 0 aromatic heterocycles. The molecule has 1 saturated carbocycles. The van der Waals surface area contributed by atoms with Gasteiger partial charge >= 0.3 is 5.97 Å². The van der Waals surface area contributed by atoms with Gasteiger partial charge in [0, 0.05) is 4.90 Å². The van der Waals surface area contributed by atoms with E-state index >= 15 is 0 Å². The first-order chi connectivity index (χ1) is 12.2. The van der Waals surface area contributed by atoms with E-state index in [0.29, 0.717) is 11.7 Å². The van der Waals surface area contributed by atoms with Crippen LogP contribution in [0.4, 0.5) is 0 Å². The third kappa shape index (κ3) is 4.88. The highest BCUT2D eigenvalue weighted by molar-refractivity contribution is 7.80. The number of hydrogen-bond donors (Lipinski definition) is 1. The standard InChI is InChI=1S/C22H26O2S/c1-2-3-16-4-6-17(7-5-16)18-8-10-19(11-9-18)22(23)24-20-12-14-21(25)15-13-20/h4-7,12-15,18-19,25H,2-3,8-11H2,1H3. The minimum atomic E-state index is -0.0938. The summed E-state index contributed by atoms with van der Waals surface area (Å²) in [6.07, 6.45) is 6.26. The number of carbonyl (C=O) groups is 1. The van der Waals surface area contributed by atoms with Gasteiger partial charge in [-0.05, 0) is 73.4 Å². The average Bonchev–Trinajstić information content (AvgIpc) is 2.65. The van der Waals surface area contributed by atoms with Crippen molar-refractivity contribution >= 4 is 18.6 Å². The molecule has 132 valence electrons. The molecule has 0 radical (unpaired) electrons. The number of esters is 1.